The van der Waals surface area contributed by atoms with Crippen LogP contribution in [0.3, 0.4) is 0 Å². The van der Waals surface area contributed by atoms with Gasteiger partial charge in [0.1, 0.15) is 5.82 Å². The third-order valence-corrected chi connectivity index (χ3v) is 4.40. The summed E-state index contributed by atoms with van der Waals surface area (Å²) in [5.74, 6) is 0.791. The molecule has 0 radical (unpaired) electrons. The average Bonchev–Trinajstić information content (AvgIpc) is 3.07. The maximum atomic E-state index is 12.4. The van der Waals surface area contributed by atoms with Crippen LogP contribution >= 0.6 is 11.3 Å². The predicted molar refractivity (Wildman–Crippen MR) is 87.2 cm³/mol. The van der Waals surface area contributed by atoms with Crippen LogP contribution in [0.15, 0.2) is 46.6 Å². The van der Waals surface area contributed by atoms with Crippen LogP contribution in [0.25, 0.3) is 27.1 Å². The number of hydrogen-bond acceptors (Lipinski definition) is 5. The molecular formula is C16H12N4OS. The molecule has 3 heterocycles. The Morgan fingerprint density at radius 1 is 1.14 bits per heavy atom. The molecule has 0 spiro atoms. The van der Waals surface area contributed by atoms with Crippen molar-refractivity contribution in [3.05, 3.63) is 58.0 Å². The minimum absolute atomic E-state index is 0.305. The smallest absolute Gasteiger partial charge is 0.265 e. The van der Waals surface area contributed by atoms with Crippen LogP contribution in [0.2, 0.25) is 0 Å². The summed E-state index contributed by atoms with van der Waals surface area (Å²) in [5.41, 5.74) is 1.46. The number of fused-ring (bicyclic) bond motifs is 3. The summed E-state index contributed by atoms with van der Waals surface area (Å²) in [7, 11) is 0. The first-order valence-electron chi connectivity index (χ1n) is 7.00. The number of rotatable bonds is 2. The summed E-state index contributed by atoms with van der Waals surface area (Å²) in [4.78, 5) is 22.1. The molecule has 0 saturated carbocycles. The third kappa shape index (κ3) is 1.92. The number of nitrogens with zero attached hydrogens (tertiary/aromatic N) is 4. The fraction of sp³-hybridized carbons (Fsp3) is 0.125. The molecule has 108 valence electrons. The van der Waals surface area contributed by atoms with Gasteiger partial charge >= 0.3 is 5.56 Å². The first-order valence-corrected chi connectivity index (χ1v) is 7.88. The number of hydrogen-bond donors (Lipinski definition) is 0. The highest BCUT2D eigenvalue weighted by Crippen LogP contribution is 2.21. The number of benzene rings is 1. The highest BCUT2D eigenvalue weighted by atomic mass is 32.1. The van der Waals surface area contributed by atoms with E-state index < -0.39 is 0 Å². The second-order valence-electron chi connectivity index (χ2n) is 4.88. The number of aromatic nitrogens is 4. The Balaban J connectivity index is 2.16. The second-order valence-corrected chi connectivity index (χ2v) is 5.82. The van der Waals surface area contributed by atoms with Crippen molar-refractivity contribution in [2.24, 2.45) is 0 Å². The van der Waals surface area contributed by atoms with Gasteiger partial charge in [0.25, 0.3) is 0 Å². The van der Waals surface area contributed by atoms with Crippen molar-refractivity contribution in [1.29, 1.82) is 0 Å². The molecule has 3 aromatic heterocycles. The SMILES string of the molecule is CCc1nc2ccccc2c2nc(=O)c(-c3cccs3)nn12. The Bertz CT molecular complexity index is 1040. The van der Waals surface area contributed by atoms with Crippen molar-refractivity contribution in [2.45, 2.75) is 13.3 Å². The van der Waals surface area contributed by atoms with Crippen LogP contribution in [0.5, 0.6) is 0 Å². The zero-order chi connectivity index (χ0) is 15.1. The van der Waals surface area contributed by atoms with Crippen LogP contribution in [0.4, 0.5) is 0 Å². The van der Waals surface area contributed by atoms with Gasteiger partial charge in [0.15, 0.2) is 11.3 Å². The molecule has 6 heteroatoms. The maximum Gasteiger partial charge on any atom is 0.300 e. The highest BCUT2D eigenvalue weighted by Gasteiger charge is 2.14. The summed E-state index contributed by atoms with van der Waals surface area (Å²) in [6, 6.07) is 11.5. The van der Waals surface area contributed by atoms with Crippen molar-refractivity contribution < 1.29 is 0 Å². The molecule has 4 rings (SSSR count). The van der Waals surface area contributed by atoms with Gasteiger partial charge in [-0.15, -0.1) is 11.3 Å². The van der Waals surface area contributed by atoms with Crippen molar-refractivity contribution in [3.63, 3.8) is 0 Å². The summed E-state index contributed by atoms with van der Waals surface area (Å²) in [6.07, 6.45) is 0.711. The molecule has 0 aliphatic rings. The molecule has 0 amide bonds. The molecule has 0 N–H and O–H groups in total. The average molecular weight is 308 g/mol. The van der Waals surface area contributed by atoms with E-state index in [1.165, 1.54) is 11.3 Å². The van der Waals surface area contributed by atoms with Gasteiger partial charge in [0, 0.05) is 11.8 Å². The minimum Gasteiger partial charge on any atom is -0.265 e. The molecule has 0 atom stereocenters. The zero-order valence-electron chi connectivity index (χ0n) is 11.9. The normalized spacial score (nSPS) is 11.3. The van der Waals surface area contributed by atoms with Gasteiger partial charge in [0.2, 0.25) is 0 Å². The lowest BCUT2D eigenvalue weighted by molar-refractivity contribution is 0.789. The van der Waals surface area contributed by atoms with Crippen LogP contribution in [0.1, 0.15) is 12.7 Å². The Kier molecular flexibility index (Phi) is 2.97. The van der Waals surface area contributed by atoms with E-state index in [0.717, 1.165) is 21.6 Å². The Morgan fingerprint density at radius 3 is 2.77 bits per heavy atom. The molecule has 0 aliphatic heterocycles. The van der Waals surface area contributed by atoms with Crippen molar-refractivity contribution in [1.82, 2.24) is 19.6 Å². The van der Waals surface area contributed by atoms with E-state index in [1.807, 2.05) is 48.7 Å². The lowest BCUT2D eigenvalue weighted by atomic mass is 10.2. The Hall–Kier alpha value is -2.60. The molecule has 0 fully saturated rings. The first-order chi connectivity index (χ1) is 10.8. The predicted octanol–water partition coefficient (Wildman–Crippen LogP) is 2.93. The van der Waals surface area contributed by atoms with E-state index in [4.69, 9.17) is 0 Å². The minimum atomic E-state index is -0.305. The number of thiophene rings is 1. The molecule has 0 aliphatic carbocycles. The number of aryl methyl sites for hydroxylation is 1. The molecule has 22 heavy (non-hydrogen) atoms. The summed E-state index contributed by atoms with van der Waals surface area (Å²) in [5, 5.41) is 7.28. The summed E-state index contributed by atoms with van der Waals surface area (Å²) >= 11 is 1.48. The van der Waals surface area contributed by atoms with E-state index in [-0.39, 0.29) is 5.56 Å². The standard InChI is InChI=1S/C16H12N4OS/c1-2-13-17-11-7-4-3-6-10(11)15-18-16(21)14(19-20(13)15)12-8-5-9-22-12/h3-9H,2H2,1H3. The molecule has 1 aromatic carbocycles. The van der Waals surface area contributed by atoms with Crippen molar-refractivity contribution >= 4 is 27.9 Å². The van der Waals surface area contributed by atoms with Gasteiger partial charge in [0.05, 0.1) is 10.4 Å². The maximum absolute atomic E-state index is 12.4. The van der Waals surface area contributed by atoms with Crippen molar-refractivity contribution in [3.8, 4) is 10.6 Å². The molecule has 0 saturated heterocycles. The quantitative estimate of drug-likeness (QED) is 0.534. The lowest BCUT2D eigenvalue weighted by Crippen LogP contribution is -2.18. The fourth-order valence-electron chi connectivity index (χ4n) is 2.48. The van der Waals surface area contributed by atoms with E-state index in [9.17, 15) is 4.79 Å². The summed E-state index contributed by atoms with van der Waals surface area (Å²) in [6.45, 7) is 2.02. The Labute approximate surface area is 129 Å². The molecule has 5 nitrogen and oxygen atoms in total. The molecular weight excluding hydrogens is 296 g/mol. The van der Waals surface area contributed by atoms with E-state index in [2.05, 4.69) is 15.1 Å². The largest absolute Gasteiger partial charge is 0.300 e. The molecule has 0 bridgehead atoms. The van der Waals surface area contributed by atoms with Gasteiger partial charge in [-0.05, 0) is 23.6 Å². The van der Waals surface area contributed by atoms with Gasteiger partial charge in [-0.25, -0.2) is 4.98 Å². The van der Waals surface area contributed by atoms with Gasteiger partial charge in [-0.3, -0.25) is 4.79 Å². The zero-order valence-corrected chi connectivity index (χ0v) is 12.7. The fourth-order valence-corrected chi connectivity index (χ4v) is 3.18. The number of para-hydroxylation sites is 1. The van der Waals surface area contributed by atoms with E-state index >= 15 is 0 Å². The van der Waals surface area contributed by atoms with Gasteiger partial charge in [-0.2, -0.15) is 14.6 Å². The molecule has 4 aromatic rings. The second kappa shape index (κ2) is 4.99. The van der Waals surface area contributed by atoms with Gasteiger partial charge in [-0.1, -0.05) is 25.1 Å². The Morgan fingerprint density at radius 2 is 2.00 bits per heavy atom. The van der Waals surface area contributed by atoms with Crippen LogP contribution in [0, 0.1) is 0 Å². The third-order valence-electron chi connectivity index (χ3n) is 3.52. The van der Waals surface area contributed by atoms with Crippen LogP contribution in [-0.4, -0.2) is 19.6 Å². The van der Waals surface area contributed by atoms with Gasteiger partial charge < -0.3 is 0 Å². The monoisotopic (exact) mass is 308 g/mol. The topological polar surface area (TPSA) is 60.2 Å². The summed E-state index contributed by atoms with van der Waals surface area (Å²) < 4.78 is 1.69. The van der Waals surface area contributed by atoms with E-state index in [1.54, 1.807) is 4.52 Å². The van der Waals surface area contributed by atoms with Crippen molar-refractivity contribution in [2.75, 3.05) is 0 Å². The molecule has 0 unspecified atom stereocenters. The highest BCUT2D eigenvalue weighted by molar-refractivity contribution is 7.13. The van der Waals surface area contributed by atoms with Crippen LogP contribution in [-0.2, 0) is 6.42 Å². The van der Waals surface area contributed by atoms with E-state index in [0.29, 0.717) is 17.8 Å². The first kappa shape index (κ1) is 13.1. The van der Waals surface area contributed by atoms with Crippen LogP contribution < -0.4 is 5.56 Å². The lowest BCUT2D eigenvalue weighted by Gasteiger charge is -2.09.